The van der Waals surface area contributed by atoms with E-state index in [-0.39, 0.29) is 12.5 Å². The maximum Gasteiger partial charge on any atom is 0.321 e. The highest BCUT2D eigenvalue weighted by molar-refractivity contribution is 5.93. The molecule has 1 aliphatic rings. The maximum atomic E-state index is 11.2. The van der Waals surface area contributed by atoms with Gasteiger partial charge in [-0.05, 0) is 23.6 Å². The Labute approximate surface area is 111 Å². The van der Waals surface area contributed by atoms with Crippen LogP contribution in [0.1, 0.15) is 17.5 Å². The van der Waals surface area contributed by atoms with E-state index in [1.54, 1.807) is 0 Å². The van der Waals surface area contributed by atoms with Crippen molar-refractivity contribution in [3.63, 3.8) is 0 Å². The molecule has 1 aromatic rings. The van der Waals surface area contributed by atoms with E-state index in [0.29, 0.717) is 13.0 Å². The number of nitrogens with one attached hydrogen (secondary N) is 2. The Hall–Kier alpha value is -1.92. The van der Waals surface area contributed by atoms with E-state index in [2.05, 4.69) is 10.6 Å². The molecule has 102 valence electrons. The first kappa shape index (κ1) is 13.5. The number of benzene rings is 1. The Morgan fingerprint density at radius 3 is 3.00 bits per heavy atom. The highest BCUT2D eigenvalue weighted by atomic mass is 16.4. The van der Waals surface area contributed by atoms with Gasteiger partial charge in [-0.1, -0.05) is 12.1 Å². The van der Waals surface area contributed by atoms with Crippen molar-refractivity contribution in [2.75, 3.05) is 11.9 Å². The quantitative estimate of drug-likeness (QED) is 0.602. The summed E-state index contributed by atoms with van der Waals surface area (Å²) in [6, 6.07) is 4.91. The molecule has 0 saturated heterocycles. The first-order valence-corrected chi connectivity index (χ1v) is 6.17. The molecular weight excluding hydrogens is 246 g/mol. The number of fused-ring (bicyclic) bond motifs is 1. The summed E-state index contributed by atoms with van der Waals surface area (Å²) in [6.45, 7) is 0.783. The molecule has 1 heterocycles. The van der Waals surface area contributed by atoms with Crippen LogP contribution in [-0.4, -0.2) is 29.6 Å². The minimum absolute atomic E-state index is 0.0470. The van der Waals surface area contributed by atoms with E-state index in [1.165, 1.54) is 0 Å². The zero-order chi connectivity index (χ0) is 13.8. The number of hydrogen-bond acceptors (Lipinski definition) is 4. The molecule has 5 N–H and O–H groups in total. The number of hydrogen-bond donors (Lipinski definition) is 4. The molecule has 0 bridgehead atoms. The normalized spacial score (nSPS) is 15.5. The predicted molar refractivity (Wildman–Crippen MR) is 70.7 cm³/mol. The van der Waals surface area contributed by atoms with Gasteiger partial charge in [-0.3, -0.25) is 9.59 Å². The molecule has 0 spiro atoms. The third kappa shape index (κ3) is 3.52. The lowest BCUT2D eigenvalue weighted by Gasteiger charge is -2.18. The van der Waals surface area contributed by atoms with Crippen LogP contribution in [0.5, 0.6) is 0 Å². The number of nitrogens with two attached hydrogens (primary N) is 1. The Morgan fingerprint density at radius 2 is 2.26 bits per heavy atom. The Bertz CT molecular complexity index is 502. The van der Waals surface area contributed by atoms with Crippen LogP contribution < -0.4 is 16.4 Å². The third-order valence-electron chi connectivity index (χ3n) is 3.08. The number of carbonyl (C=O) groups excluding carboxylic acids is 1. The van der Waals surface area contributed by atoms with Crippen LogP contribution in [0.3, 0.4) is 0 Å². The molecule has 1 aromatic carbocycles. The zero-order valence-corrected chi connectivity index (χ0v) is 10.5. The number of amides is 1. The molecule has 0 radical (unpaired) electrons. The average molecular weight is 263 g/mol. The lowest BCUT2D eigenvalue weighted by atomic mass is 10.0. The lowest BCUT2D eigenvalue weighted by Crippen LogP contribution is -2.40. The fourth-order valence-corrected chi connectivity index (χ4v) is 2.01. The number of carboxylic acids is 1. The summed E-state index contributed by atoms with van der Waals surface area (Å²) in [7, 11) is 0. The molecule has 2 rings (SSSR count). The van der Waals surface area contributed by atoms with Gasteiger partial charge in [0.1, 0.15) is 6.04 Å². The van der Waals surface area contributed by atoms with Crippen LogP contribution in [0.4, 0.5) is 5.69 Å². The number of aryl methyl sites for hydroxylation is 1. The summed E-state index contributed by atoms with van der Waals surface area (Å²) in [5, 5.41) is 14.5. The summed E-state index contributed by atoms with van der Waals surface area (Å²) in [5.74, 6) is -0.966. The van der Waals surface area contributed by atoms with Gasteiger partial charge in [-0.15, -0.1) is 0 Å². The first-order valence-electron chi connectivity index (χ1n) is 6.17. The first-order chi connectivity index (χ1) is 9.06. The van der Waals surface area contributed by atoms with Crippen LogP contribution in [0.25, 0.3) is 0 Å². The summed E-state index contributed by atoms with van der Waals surface area (Å²) in [6.07, 6.45) is 1.25. The molecule has 0 aliphatic carbocycles. The monoisotopic (exact) mass is 263 g/mol. The molecule has 0 fully saturated rings. The van der Waals surface area contributed by atoms with Crippen LogP contribution in [-0.2, 0) is 22.6 Å². The van der Waals surface area contributed by atoms with E-state index in [0.717, 1.165) is 23.2 Å². The Morgan fingerprint density at radius 1 is 1.47 bits per heavy atom. The molecular formula is C13H17N3O3. The fourth-order valence-electron chi connectivity index (χ4n) is 2.01. The van der Waals surface area contributed by atoms with Crippen molar-refractivity contribution in [2.45, 2.75) is 25.4 Å². The second-order valence-corrected chi connectivity index (χ2v) is 4.62. The molecule has 19 heavy (non-hydrogen) atoms. The van der Waals surface area contributed by atoms with E-state index in [9.17, 15) is 9.59 Å². The van der Waals surface area contributed by atoms with Crippen LogP contribution in [0.2, 0.25) is 0 Å². The average Bonchev–Trinajstić information content (AvgIpc) is 2.38. The van der Waals surface area contributed by atoms with Gasteiger partial charge >= 0.3 is 5.97 Å². The van der Waals surface area contributed by atoms with E-state index >= 15 is 0 Å². The maximum absolute atomic E-state index is 11.2. The molecule has 1 aliphatic heterocycles. The van der Waals surface area contributed by atoms with Crippen LogP contribution >= 0.6 is 0 Å². The van der Waals surface area contributed by atoms with Gasteiger partial charge in [0, 0.05) is 25.2 Å². The number of aliphatic carboxylic acids is 1. The van der Waals surface area contributed by atoms with E-state index in [1.807, 2.05) is 18.2 Å². The summed E-state index contributed by atoms with van der Waals surface area (Å²) >= 11 is 0. The molecule has 1 amide bonds. The highest BCUT2D eigenvalue weighted by Crippen LogP contribution is 2.23. The van der Waals surface area contributed by atoms with Gasteiger partial charge < -0.3 is 21.5 Å². The number of anilines is 1. The van der Waals surface area contributed by atoms with Crippen molar-refractivity contribution in [1.29, 1.82) is 0 Å². The highest BCUT2D eigenvalue weighted by Gasteiger charge is 2.15. The lowest BCUT2D eigenvalue weighted by molar-refractivity contribution is -0.138. The van der Waals surface area contributed by atoms with Gasteiger partial charge in [0.2, 0.25) is 5.91 Å². The van der Waals surface area contributed by atoms with Crippen molar-refractivity contribution in [3.8, 4) is 0 Å². The van der Waals surface area contributed by atoms with Gasteiger partial charge in [0.15, 0.2) is 0 Å². The number of carbonyl (C=O) groups is 2. The Kier molecular flexibility index (Phi) is 4.13. The van der Waals surface area contributed by atoms with Crippen molar-refractivity contribution in [2.24, 2.45) is 5.73 Å². The SMILES string of the molecule is NC(CNCc1ccc2c(c1)CCC(=O)N2)C(=O)O. The third-order valence-corrected chi connectivity index (χ3v) is 3.08. The van der Waals surface area contributed by atoms with Crippen molar-refractivity contribution in [3.05, 3.63) is 29.3 Å². The zero-order valence-electron chi connectivity index (χ0n) is 10.5. The minimum atomic E-state index is -1.01. The fraction of sp³-hybridized carbons (Fsp3) is 0.385. The van der Waals surface area contributed by atoms with Crippen molar-refractivity contribution < 1.29 is 14.7 Å². The van der Waals surface area contributed by atoms with Gasteiger partial charge in [0.05, 0.1) is 0 Å². The molecule has 0 saturated carbocycles. The number of carboxylic acid groups (broad SMARTS) is 1. The molecule has 0 aromatic heterocycles. The van der Waals surface area contributed by atoms with Gasteiger partial charge in [-0.25, -0.2) is 0 Å². The second kappa shape index (κ2) is 5.81. The molecule has 1 atom stereocenters. The van der Waals surface area contributed by atoms with Gasteiger partial charge in [-0.2, -0.15) is 0 Å². The molecule has 6 nitrogen and oxygen atoms in total. The molecule has 1 unspecified atom stereocenters. The second-order valence-electron chi connectivity index (χ2n) is 4.62. The summed E-state index contributed by atoms with van der Waals surface area (Å²) in [5.41, 5.74) is 8.42. The Balaban J connectivity index is 1.92. The van der Waals surface area contributed by atoms with E-state index < -0.39 is 12.0 Å². The minimum Gasteiger partial charge on any atom is -0.480 e. The van der Waals surface area contributed by atoms with Gasteiger partial charge in [0.25, 0.3) is 0 Å². The van der Waals surface area contributed by atoms with Crippen LogP contribution in [0, 0.1) is 0 Å². The number of rotatable bonds is 5. The standard InChI is InChI=1S/C13H17N3O3/c14-10(13(18)19)7-15-6-8-1-3-11-9(5-8)2-4-12(17)16-11/h1,3,5,10,15H,2,4,6-7,14H2,(H,16,17)(H,18,19). The molecule has 6 heteroatoms. The van der Waals surface area contributed by atoms with Crippen molar-refractivity contribution >= 4 is 17.6 Å². The predicted octanol–water partition coefficient (Wildman–Crippen LogP) is 0.0728. The van der Waals surface area contributed by atoms with Crippen LogP contribution in [0.15, 0.2) is 18.2 Å². The van der Waals surface area contributed by atoms with Crippen molar-refractivity contribution in [1.82, 2.24) is 5.32 Å². The smallest absolute Gasteiger partial charge is 0.321 e. The summed E-state index contributed by atoms with van der Waals surface area (Å²) < 4.78 is 0. The van der Waals surface area contributed by atoms with E-state index in [4.69, 9.17) is 10.8 Å². The largest absolute Gasteiger partial charge is 0.480 e. The topological polar surface area (TPSA) is 104 Å². The summed E-state index contributed by atoms with van der Waals surface area (Å²) in [4.78, 5) is 21.8.